The molecule has 2 fully saturated rings. The lowest BCUT2D eigenvalue weighted by atomic mass is 9.78. The Morgan fingerprint density at radius 2 is 1.79 bits per heavy atom. The van der Waals surface area contributed by atoms with Crippen LogP contribution in [-0.2, 0) is 14.3 Å². The Bertz CT molecular complexity index is 340. The molecule has 0 aromatic rings. The third-order valence-electron chi connectivity index (χ3n) is 4.21. The Morgan fingerprint density at radius 1 is 1.16 bits per heavy atom. The average Bonchev–Trinajstić information content (AvgIpc) is 3.23. The second kappa shape index (κ2) is 6.37. The van der Waals surface area contributed by atoms with Crippen LogP contribution in [0.5, 0.6) is 0 Å². The Balaban J connectivity index is 2.03. The molecule has 5 nitrogen and oxygen atoms in total. The number of ether oxygens (including phenoxy) is 1. The zero-order valence-corrected chi connectivity index (χ0v) is 11.5. The first-order valence-corrected chi connectivity index (χ1v) is 7.17. The smallest absolute Gasteiger partial charge is 0.307 e. The third kappa shape index (κ3) is 3.47. The van der Waals surface area contributed by atoms with E-state index in [1.54, 1.807) is 7.11 Å². The van der Waals surface area contributed by atoms with Gasteiger partial charge < -0.3 is 14.7 Å². The second-order valence-electron chi connectivity index (χ2n) is 5.59. The number of methoxy groups -OCH3 is 1. The van der Waals surface area contributed by atoms with Crippen molar-refractivity contribution in [3.8, 4) is 0 Å². The van der Waals surface area contributed by atoms with Crippen molar-refractivity contribution < 1.29 is 19.4 Å². The molecule has 0 heterocycles. The van der Waals surface area contributed by atoms with Gasteiger partial charge in [-0.3, -0.25) is 9.59 Å². The van der Waals surface area contributed by atoms with Crippen LogP contribution in [0.3, 0.4) is 0 Å². The molecule has 1 N–H and O–H groups in total. The summed E-state index contributed by atoms with van der Waals surface area (Å²) >= 11 is 0. The first-order chi connectivity index (χ1) is 9.15. The Morgan fingerprint density at radius 3 is 2.32 bits per heavy atom. The molecule has 108 valence electrons. The molecule has 2 aliphatic carbocycles. The van der Waals surface area contributed by atoms with Crippen molar-refractivity contribution in [1.29, 1.82) is 0 Å². The maximum absolute atomic E-state index is 12.6. The van der Waals surface area contributed by atoms with Gasteiger partial charge in [-0.25, -0.2) is 0 Å². The van der Waals surface area contributed by atoms with Gasteiger partial charge in [0, 0.05) is 19.7 Å². The number of amides is 1. The molecule has 0 saturated heterocycles. The van der Waals surface area contributed by atoms with Gasteiger partial charge in [0.05, 0.1) is 18.4 Å². The van der Waals surface area contributed by atoms with Gasteiger partial charge in [-0.15, -0.1) is 0 Å². The lowest BCUT2D eigenvalue weighted by molar-refractivity contribution is -0.152. The van der Waals surface area contributed by atoms with E-state index >= 15 is 0 Å². The molecule has 0 aromatic heterocycles. The Kier molecular flexibility index (Phi) is 4.80. The van der Waals surface area contributed by atoms with Gasteiger partial charge in [-0.05, 0) is 25.7 Å². The molecule has 0 aliphatic heterocycles. The molecule has 0 aromatic carbocycles. The van der Waals surface area contributed by atoms with Crippen LogP contribution < -0.4 is 0 Å². The first-order valence-electron chi connectivity index (χ1n) is 7.17. The van der Waals surface area contributed by atoms with Crippen LogP contribution in [0.25, 0.3) is 0 Å². The van der Waals surface area contributed by atoms with Crippen molar-refractivity contribution in [1.82, 2.24) is 4.90 Å². The molecule has 19 heavy (non-hydrogen) atoms. The summed E-state index contributed by atoms with van der Waals surface area (Å²) in [6.45, 7) is 1.11. The molecule has 0 spiro atoms. The van der Waals surface area contributed by atoms with E-state index in [2.05, 4.69) is 0 Å². The van der Waals surface area contributed by atoms with Crippen molar-refractivity contribution >= 4 is 11.9 Å². The van der Waals surface area contributed by atoms with E-state index in [9.17, 15) is 14.7 Å². The normalized spacial score (nSPS) is 27.0. The summed E-state index contributed by atoms with van der Waals surface area (Å²) in [7, 11) is 1.62. The Labute approximate surface area is 113 Å². The topological polar surface area (TPSA) is 66.8 Å². The van der Waals surface area contributed by atoms with E-state index in [4.69, 9.17) is 4.74 Å². The number of carboxylic acid groups (broad SMARTS) is 1. The van der Waals surface area contributed by atoms with E-state index < -0.39 is 11.9 Å². The molecule has 5 heteroatoms. The summed E-state index contributed by atoms with van der Waals surface area (Å²) in [5.41, 5.74) is 0. The average molecular weight is 269 g/mol. The summed E-state index contributed by atoms with van der Waals surface area (Å²) in [6, 6.07) is 0.319. The van der Waals surface area contributed by atoms with Crippen LogP contribution in [0.15, 0.2) is 0 Å². The second-order valence-corrected chi connectivity index (χ2v) is 5.59. The minimum Gasteiger partial charge on any atom is -0.481 e. The highest BCUT2D eigenvalue weighted by atomic mass is 16.5. The van der Waals surface area contributed by atoms with Crippen molar-refractivity contribution in [2.45, 2.75) is 44.6 Å². The minimum atomic E-state index is -0.819. The fraction of sp³-hybridized carbons (Fsp3) is 0.857. The predicted molar refractivity (Wildman–Crippen MR) is 69.7 cm³/mol. The summed E-state index contributed by atoms with van der Waals surface area (Å²) in [5, 5.41) is 9.27. The molecule has 0 radical (unpaired) electrons. The fourth-order valence-corrected chi connectivity index (χ4v) is 2.98. The van der Waals surface area contributed by atoms with Crippen LogP contribution in [0.4, 0.5) is 0 Å². The van der Waals surface area contributed by atoms with E-state index in [0.717, 1.165) is 25.7 Å². The highest BCUT2D eigenvalue weighted by molar-refractivity contribution is 5.85. The number of rotatable bonds is 6. The molecular formula is C14H23NO4. The molecule has 2 rings (SSSR count). The van der Waals surface area contributed by atoms with Crippen LogP contribution in [0, 0.1) is 11.8 Å². The molecule has 2 unspecified atom stereocenters. The van der Waals surface area contributed by atoms with Gasteiger partial charge >= 0.3 is 5.97 Å². The zero-order valence-electron chi connectivity index (χ0n) is 11.5. The van der Waals surface area contributed by atoms with Crippen molar-refractivity contribution in [2.24, 2.45) is 11.8 Å². The summed E-state index contributed by atoms with van der Waals surface area (Å²) in [5.74, 6) is -1.61. The van der Waals surface area contributed by atoms with Crippen molar-refractivity contribution in [2.75, 3.05) is 20.3 Å². The molecular weight excluding hydrogens is 246 g/mol. The third-order valence-corrected chi connectivity index (χ3v) is 4.21. The SMILES string of the molecule is COCCN(C(=O)C1CCCCC1C(=O)O)C1CC1. The van der Waals surface area contributed by atoms with Gasteiger partial charge in [-0.1, -0.05) is 12.8 Å². The monoisotopic (exact) mass is 269 g/mol. The number of carboxylic acids is 1. The number of hydrogen-bond acceptors (Lipinski definition) is 3. The van der Waals surface area contributed by atoms with Gasteiger partial charge in [-0.2, -0.15) is 0 Å². The number of aliphatic carboxylic acids is 1. The maximum atomic E-state index is 12.6. The maximum Gasteiger partial charge on any atom is 0.307 e. The highest BCUT2D eigenvalue weighted by Gasteiger charge is 2.41. The standard InChI is InChI=1S/C14H23NO4/c1-19-9-8-15(10-6-7-10)13(16)11-4-2-3-5-12(11)14(17)18/h10-12H,2-9H2,1H3,(H,17,18). The fourth-order valence-electron chi connectivity index (χ4n) is 2.98. The lowest BCUT2D eigenvalue weighted by Gasteiger charge is -2.32. The number of carbonyl (C=O) groups is 2. The van der Waals surface area contributed by atoms with E-state index in [-0.39, 0.29) is 11.8 Å². The number of nitrogens with zero attached hydrogens (tertiary/aromatic N) is 1. The summed E-state index contributed by atoms with van der Waals surface area (Å²) < 4.78 is 5.05. The van der Waals surface area contributed by atoms with E-state index in [1.165, 1.54) is 0 Å². The van der Waals surface area contributed by atoms with Crippen LogP contribution in [0.1, 0.15) is 38.5 Å². The minimum absolute atomic E-state index is 0.0339. The molecule has 2 atom stereocenters. The molecule has 0 bridgehead atoms. The summed E-state index contributed by atoms with van der Waals surface area (Å²) in [6.07, 6.45) is 5.31. The lowest BCUT2D eigenvalue weighted by Crippen LogP contribution is -2.44. The van der Waals surface area contributed by atoms with Gasteiger partial charge in [0.15, 0.2) is 0 Å². The molecule has 2 saturated carbocycles. The van der Waals surface area contributed by atoms with Crippen LogP contribution in [0.2, 0.25) is 0 Å². The molecule has 1 amide bonds. The first kappa shape index (κ1) is 14.3. The van der Waals surface area contributed by atoms with Gasteiger partial charge in [0.25, 0.3) is 0 Å². The van der Waals surface area contributed by atoms with E-state index in [1.807, 2.05) is 4.90 Å². The van der Waals surface area contributed by atoms with E-state index in [0.29, 0.717) is 32.0 Å². The number of carbonyl (C=O) groups excluding carboxylic acids is 1. The van der Waals surface area contributed by atoms with Gasteiger partial charge in [0.2, 0.25) is 5.91 Å². The quantitative estimate of drug-likeness (QED) is 0.794. The summed E-state index contributed by atoms with van der Waals surface area (Å²) in [4.78, 5) is 25.8. The van der Waals surface area contributed by atoms with Crippen LogP contribution >= 0.6 is 0 Å². The van der Waals surface area contributed by atoms with Crippen molar-refractivity contribution in [3.05, 3.63) is 0 Å². The van der Waals surface area contributed by atoms with Gasteiger partial charge in [0.1, 0.15) is 0 Å². The number of hydrogen-bond donors (Lipinski definition) is 1. The Hall–Kier alpha value is -1.10. The largest absolute Gasteiger partial charge is 0.481 e. The van der Waals surface area contributed by atoms with Crippen LogP contribution in [-0.4, -0.2) is 48.2 Å². The highest BCUT2D eigenvalue weighted by Crippen LogP contribution is 2.35. The zero-order chi connectivity index (χ0) is 13.8. The molecule has 2 aliphatic rings. The van der Waals surface area contributed by atoms with Crippen molar-refractivity contribution in [3.63, 3.8) is 0 Å². The predicted octanol–water partition coefficient (Wildman–Crippen LogP) is 1.51.